The van der Waals surface area contributed by atoms with Crippen molar-refractivity contribution in [3.63, 3.8) is 0 Å². The quantitative estimate of drug-likeness (QED) is 0.890. The lowest BCUT2D eigenvalue weighted by Gasteiger charge is -2.47. The van der Waals surface area contributed by atoms with Crippen LogP contribution in [0.1, 0.15) is 36.6 Å². The van der Waals surface area contributed by atoms with Crippen molar-refractivity contribution in [2.45, 2.75) is 45.4 Å². The molecule has 1 aliphatic rings. The third kappa shape index (κ3) is 2.89. The van der Waals surface area contributed by atoms with Gasteiger partial charge in [-0.2, -0.15) is 0 Å². The molecule has 1 aliphatic heterocycles. The van der Waals surface area contributed by atoms with Crippen LogP contribution in [-0.2, 0) is 4.79 Å². The van der Waals surface area contributed by atoms with Crippen LogP contribution >= 0.6 is 0 Å². The Morgan fingerprint density at radius 3 is 2.57 bits per heavy atom. The summed E-state index contributed by atoms with van der Waals surface area (Å²) in [5.41, 5.74) is 2.10. The topological polar surface area (TPSA) is 70.0 Å². The van der Waals surface area contributed by atoms with Crippen molar-refractivity contribution >= 4 is 5.97 Å². The lowest BCUT2D eigenvalue weighted by atomic mass is 9.83. The Hall–Kier alpha value is -1.59. The van der Waals surface area contributed by atoms with E-state index in [0.717, 1.165) is 16.7 Å². The minimum absolute atomic E-state index is 0.144. The van der Waals surface area contributed by atoms with Crippen molar-refractivity contribution in [1.82, 2.24) is 4.90 Å². The molecule has 0 spiro atoms. The number of carbonyl (C=O) groups is 1. The Bertz CT molecular complexity index is 568. The number of rotatable bonds is 3. The number of fused-ring (bicyclic) bond motifs is 1. The Labute approximate surface area is 125 Å². The van der Waals surface area contributed by atoms with E-state index in [9.17, 15) is 9.90 Å². The second-order valence-corrected chi connectivity index (χ2v) is 6.40. The molecule has 2 N–H and O–H groups in total. The normalized spacial score (nSPS) is 23.6. The van der Waals surface area contributed by atoms with Crippen molar-refractivity contribution < 1.29 is 19.7 Å². The van der Waals surface area contributed by atoms with Crippen LogP contribution in [0.25, 0.3) is 0 Å². The van der Waals surface area contributed by atoms with E-state index < -0.39 is 23.7 Å². The molecule has 5 heteroatoms. The van der Waals surface area contributed by atoms with Gasteiger partial charge in [0.2, 0.25) is 0 Å². The fourth-order valence-electron chi connectivity index (χ4n) is 3.37. The summed E-state index contributed by atoms with van der Waals surface area (Å²) >= 11 is 0. The molecule has 0 saturated carbocycles. The number of aliphatic hydroxyl groups is 1. The van der Waals surface area contributed by atoms with E-state index in [1.807, 2.05) is 39.8 Å². The van der Waals surface area contributed by atoms with Gasteiger partial charge in [-0.1, -0.05) is 6.07 Å². The summed E-state index contributed by atoms with van der Waals surface area (Å²) in [4.78, 5) is 12.6. The molecule has 0 bridgehead atoms. The summed E-state index contributed by atoms with van der Waals surface area (Å²) in [6.45, 7) is 7.53. The SMILES string of the molecule is Cc1cc(C)c2c(c1)OC(C)(C)C(N(C)CC(=O)O)C2O. The highest BCUT2D eigenvalue weighted by Crippen LogP contribution is 2.43. The number of aliphatic hydroxyl groups excluding tert-OH is 1. The Balaban J connectivity index is 2.47. The molecule has 2 atom stereocenters. The molecule has 0 aromatic heterocycles. The predicted octanol–water partition coefficient (Wildman–Crippen LogP) is 1.89. The molecule has 1 heterocycles. The number of aliphatic carboxylic acids is 1. The van der Waals surface area contributed by atoms with Gasteiger partial charge in [0.15, 0.2) is 0 Å². The number of nitrogens with zero attached hydrogens (tertiary/aromatic N) is 1. The van der Waals surface area contributed by atoms with Gasteiger partial charge in [-0.25, -0.2) is 0 Å². The molecule has 2 rings (SSSR count). The Kier molecular flexibility index (Phi) is 4.00. The van der Waals surface area contributed by atoms with E-state index in [1.54, 1.807) is 11.9 Å². The van der Waals surface area contributed by atoms with E-state index >= 15 is 0 Å². The maximum atomic E-state index is 11.0. The fraction of sp³-hybridized carbons (Fsp3) is 0.562. The van der Waals surface area contributed by atoms with Gasteiger partial charge in [0.25, 0.3) is 0 Å². The van der Waals surface area contributed by atoms with Gasteiger partial charge in [0.1, 0.15) is 17.5 Å². The summed E-state index contributed by atoms with van der Waals surface area (Å²) in [5.74, 6) is -0.239. The molecule has 0 amide bonds. The van der Waals surface area contributed by atoms with Crippen LogP contribution in [0.5, 0.6) is 5.75 Å². The van der Waals surface area contributed by atoms with E-state index in [1.165, 1.54) is 0 Å². The van der Waals surface area contributed by atoms with E-state index in [4.69, 9.17) is 9.84 Å². The van der Waals surface area contributed by atoms with Crippen LogP contribution in [0, 0.1) is 13.8 Å². The number of carboxylic acid groups (broad SMARTS) is 1. The van der Waals surface area contributed by atoms with E-state index in [2.05, 4.69) is 0 Å². The second-order valence-electron chi connectivity index (χ2n) is 6.40. The maximum absolute atomic E-state index is 11.0. The largest absolute Gasteiger partial charge is 0.486 e. The highest BCUT2D eigenvalue weighted by Gasteiger charge is 2.46. The first-order valence-corrected chi connectivity index (χ1v) is 7.03. The van der Waals surface area contributed by atoms with Gasteiger partial charge >= 0.3 is 5.97 Å². The summed E-state index contributed by atoms with van der Waals surface area (Å²) in [6, 6.07) is 3.49. The van der Waals surface area contributed by atoms with Gasteiger partial charge in [-0.15, -0.1) is 0 Å². The lowest BCUT2D eigenvalue weighted by molar-refractivity contribution is -0.142. The third-order valence-electron chi connectivity index (χ3n) is 4.03. The Morgan fingerprint density at radius 1 is 1.38 bits per heavy atom. The molecule has 2 unspecified atom stereocenters. The monoisotopic (exact) mass is 293 g/mol. The van der Waals surface area contributed by atoms with Crippen LogP contribution in [-0.4, -0.2) is 46.3 Å². The second kappa shape index (κ2) is 5.31. The highest BCUT2D eigenvalue weighted by atomic mass is 16.5. The molecule has 1 aromatic carbocycles. The van der Waals surface area contributed by atoms with Crippen molar-refractivity contribution in [1.29, 1.82) is 0 Å². The van der Waals surface area contributed by atoms with Crippen LogP contribution in [0.15, 0.2) is 12.1 Å². The summed E-state index contributed by atoms with van der Waals surface area (Å²) < 4.78 is 6.07. The average molecular weight is 293 g/mol. The molecular weight excluding hydrogens is 270 g/mol. The van der Waals surface area contributed by atoms with Gasteiger partial charge in [0, 0.05) is 5.56 Å². The number of ether oxygens (including phenoxy) is 1. The molecule has 0 fully saturated rings. The highest BCUT2D eigenvalue weighted by molar-refractivity contribution is 5.69. The van der Waals surface area contributed by atoms with Crippen molar-refractivity contribution in [3.05, 3.63) is 28.8 Å². The van der Waals surface area contributed by atoms with E-state index in [-0.39, 0.29) is 6.54 Å². The standard InChI is InChI=1S/C16H23NO4/c1-9-6-10(2)13-11(7-9)21-16(3,4)15(14(13)20)17(5)8-12(18)19/h6-7,14-15,20H,8H2,1-5H3,(H,18,19). The lowest BCUT2D eigenvalue weighted by Crippen LogP contribution is -2.57. The number of aryl methyl sites for hydroxylation is 2. The number of hydrogen-bond donors (Lipinski definition) is 2. The zero-order chi connectivity index (χ0) is 15.9. The van der Waals surface area contributed by atoms with Crippen LogP contribution in [0.4, 0.5) is 0 Å². The summed E-state index contributed by atoms with van der Waals surface area (Å²) in [5, 5.41) is 19.8. The summed E-state index contributed by atoms with van der Waals surface area (Å²) in [6.07, 6.45) is -0.784. The number of carboxylic acids is 1. The molecule has 21 heavy (non-hydrogen) atoms. The average Bonchev–Trinajstić information content (AvgIpc) is 2.23. The predicted molar refractivity (Wildman–Crippen MR) is 79.6 cm³/mol. The molecule has 1 aromatic rings. The zero-order valence-corrected chi connectivity index (χ0v) is 13.2. The van der Waals surface area contributed by atoms with Crippen LogP contribution in [0.2, 0.25) is 0 Å². The number of benzene rings is 1. The van der Waals surface area contributed by atoms with Gasteiger partial charge in [0.05, 0.1) is 12.6 Å². The molecule has 5 nitrogen and oxygen atoms in total. The fourth-order valence-corrected chi connectivity index (χ4v) is 3.37. The first kappa shape index (κ1) is 15.8. The van der Waals surface area contributed by atoms with Gasteiger partial charge in [-0.05, 0) is 51.9 Å². The van der Waals surface area contributed by atoms with Gasteiger partial charge < -0.3 is 14.9 Å². The smallest absolute Gasteiger partial charge is 0.317 e. The Morgan fingerprint density at radius 2 is 2.00 bits per heavy atom. The first-order valence-electron chi connectivity index (χ1n) is 7.03. The molecule has 0 radical (unpaired) electrons. The minimum atomic E-state index is -0.924. The zero-order valence-electron chi connectivity index (χ0n) is 13.2. The molecule has 116 valence electrons. The van der Waals surface area contributed by atoms with Crippen molar-refractivity contribution in [2.75, 3.05) is 13.6 Å². The molecular formula is C16H23NO4. The van der Waals surface area contributed by atoms with Crippen LogP contribution in [0.3, 0.4) is 0 Å². The maximum Gasteiger partial charge on any atom is 0.317 e. The van der Waals surface area contributed by atoms with Crippen LogP contribution < -0.4 is 4.74 Å². The molecule has 0 aliphatic carbocycles. The molecule has 0 saturated heterocycles. The van der Waals surface area contributed by atoms with Gasteiger partial charge in [-0.3, -0.25) is 9.69 Å². The third-order valence-corrected chi connectivity index (χ3v) is 4.03. The van der Waals surface area contributed by atoms with Crippen molar-refractivity contribution in [2.24, 2.45) is 0 Å². The van der Waals surface area contributed by atoms with E-state index in [0.29, 0.717) is 5.75 Å². The summed E-state index contributed by atoms with van der Waals surface area (Å²) in [7, 11) is 1.70. The van der Waals surface area contributed by atoms with Crippen molar-refractivity contribution in [3.8, 4) is 5.75 Å². The number of likely N-dealkylation sites (N-methyl/N-ethyl adjacent to an activating group) is 1. The minimum Gasteiger partial charge on any atom is -0.486 e. The first-order chi connectivity index (χ1) is 9.63. The number of hydrogen-bond acceptors (Lipinski definition) is 4.